The summed E-state index contributed by atoms with van der Waals surface area (Å²) in [5.41, 5.74) is 1.14. The van der Waals surface area contributed by atoms with Gasteiger partial charge in [-0.05, 0) is 38.4 Å². The molecule has 0 radical (unpaired) electrons. The van der Waals surface area contributed by atoms with Gasteiger partial charge in [0.15, 0.2) is 6.61 Å². The molecule has 1 aromatic carbocycles. The van der Waals surface area contributed by atoms with Crippen molar-refractivity contribution in [2.45, 2.75) is 51.0 Å². The molecule has 0 aromatic heterocycles. The fraction of sp³-hybridized carbons (Fsp3) is 0.522. The lowest BCUT2D eigenvalue weighted by Gasteiger charge is -2.29. The molecule has 4 amide bonds. The van der Waals surface area contributed by atoms with Crippen LogP contribution in [0.2, 0.25) is 0 Å². The van der Waals surface area contributed by atoms with Gasteiger partial charge in [-0.2, -0.15) is 13.2 Å². The molecule has 0 aliphatic carbocycles. The largest absolute Gasteiger partial charge is 0.490 e. The maximum Gasteiger partial charge on any atom is 0.490 e. The van der Waals surface area contributed by atoms with Gasteiger partial charge in [-0.3, -0.25) is 24.5 Å². The van der Waals surface area contributed by atoms with E-state index in [1.165, 1.54) is 4.90 Å². The van der Waals surface area contributed by atoms with Crippen LogP contribution in [0.1, 0.15) is 42.1 Å². The summed E-state index contributed by atoms with van der Waals surface area (Å²) in [6, 6.07) is 4.61. The van der Waals surface area contributed by atoms with E-state index in [-0.39, 0.29) is 43.3 Å². The highest BCUT2D eigenvalue weighted by Gasteiger charge is 2.40. The van der Waals surface area contributed by atoms with Crippen LogP contribution in [-0.2, 0) is 25.7 Å². The zero-order valence-corrected chi connectivity index (χ0v) is 20.0. The van der Waals surface area contributed by atoms with E-state index in [9.17, 15) is 32.3 Å². The van der Waals surface area contributed by atoms with Crippen molar-refractivity contribution >= 4 is 29.6 Å². The van der Waals surface area contributed by atoms with Crippen LogP contribution in [0.4, 0.5) is 13.2 Å². The van der Waals surface area contributed by atoms with Crippen LogP contribution in [0, 0.1) is 0 Å². The van der Waals surface area contributed by atoms with Gasteiger partial charge in [0.1, 0.15) is 11.8 Å². The minimum Gasteiger partial charge on any atom is -0.483 e. The number of imide groups is 1. The number of rotatable bonds is 4. The van der Waals surface area contributed by atoms with E-state index in [2.05, 4.69) is 10.6 Å². The monoisotopic (exact) mass is 528 g/mol. The number of carbonyl (C=O) groups is 5. The van der Waals surface area contributed by atoms with Gasteiger partial charge in [0, 0.05) is 36.7 Å². The lowest BCUT2D eigenvalue weighted by atomic mass is 10.0. The Hall–Kier alpha value is -3.68. The molecule has 0 saturated carbocycles. The lowest BCUT2D eigenvalue weighted by Crippen LogP contribution is -2.52. The Bertz CT molecular complexity index is 1080. The van der Waals surface area contributed by atoms with E-state index in [0.29, 0.717) is 29.8 Å². The fourth-order valence-corrected chi connectivity index (χ4v) is 4.30. The Morgan fingerprint density at radius 1 is 1.16 bits per heavy atom. The first kappa shape index (κ1) is 27.9. The Labute approximate surface area is 209 Å². The first-order chi connectivity index (χ1) is 17.4. The van der Waals surface area contributed by atoms with Crippen molar-refractivity contribution in [3.05, 3.63) is 29.3 Å². The molecule has 0 bridgehead atoms. The quantitative estimate of drug-likeness (QED) is 0.484. The van der Waals surface area contributed by atoms with Crippen molar-refractivity contribution in [3.8, 4) is 5.75 Å². The van der Waals surface area contributed by atoms with Crippen molar-refractivity contribution < 1.29 is 47.0 Å². The van der Waals surface area contributed by atoms with Crippen molar-refractivity contribution in [1.82, 2.24) is 20.4 Å². The molecule has 2 fully saturated rings. The average molecular weight is 528 g/mol. The zero-order chi connectivity index (χ0) is 27.3. The van der Waals surface area contributed by atoms with Crippen molar-refractivity contribution in [3.63, 3.8) is 0 Å². The number of carboxylic acid groups (broad SMARTS) is 1. The molecule has 11 nitrogen and oxygen atoms in total. The van der Waals surface area contributed by atoms with Crippen LogP contribution >= 0.6 is 0 Å². The number of amides is 4. The SMILES string of the molecule is CC1CCNCCN1C(=O)COc1cccc2c1CN(C1CCC(=O)NC1=O)C2=O.O=C(O)C(F)(F)F. The summed E-state index contributed by atoms with van der Waals surface area (Å²) in [4.78, 5) is 61.4. The molecule has 14 heteroatoms. The smallest absolute Gasteiger partial charge is 0.483 e. The number of carboxylic acids is 1. The molecular weight excluding hydrogens is 501 g/mol. The Morgan fingerprint density at radius 3 is 2.51 bits per heavy atom. The minimum atomic E-state index is -5.08. The summed E-state index contributed by atoms with van der Waals surface area (Å²) in [5, 5.41) is 12.7. The lowest BCUT2D eigenvalue weighted by molar-refractivity contribution is -0.192. The highest BCUT2D eigenvalue weighted by atomic mass is 19.4. The molecule has 3 heterocycles. The highest BCUT2D eigenvalue weighted by molar-refractivity contribution is 6.05. The number of aliphatic carboxylic acids is 1. The first-order valence-corrected chi connectivity index (χ1v) is 11.6. The van der Waals surface area contributed by atoms with E-state index in [0.717, 1.165) is 19.5 Å². The summed E-state index contributed by atoms with van der Waals surface area (Å²) < 4.78 is 37.6. The summed E-state index contributed by atoms with van der Waals surface area (Å²) in [7, 11) is 0. The van der Waals surface area contributed by atoms with Crippen LogP contribution in [0.3, 0.4) is 0 Å². The number of hydrogen-bond acceptors (Lipinski definition) is 7. The fourth-order valence-electron chi connectivity index (χ4n) is 4.30. The molecule has 4 rings (SSSR count). The van der Waals surface area contributed by atoms with Gasteiger partial charge < -0.3 is 25.0 Å². The summed E-state index contributed by atoms with van der Waals surface area (Å²) in [6.07, 6.45) is -3.68. The molecule has 2 atom stereocenters. The standard InChI is InChI=1S/C21H26N4O5.C2HF3O2/c1-13-7-8-22-9-10-24(13)19(27)12-30-17-4-2-3-14-15(17)11-25(21(14)29)16-5-6-18(26)23-20(16)28;3-2(4,5)1(6)7/h2-4,13,16,22H,5-12H2,1H3,(H,23,26,28);(H,6,7). The number of piperidine rings is 1. The van der Waals surface area contributed by atoms with Crippen LogP contribution in [-0.4, -0.2) is 89.0 Å². The third-order valence-corrected chi connectivity index (χ3v) is 6.25. The van der Waals surface area contributed by atoms with Gasteiger partial charge in [-0.1, -0.05) is 6.07 Å². The van der Waals surface area contributed by atoms with Crippen LogP contribution < -0.4 is 15.4 Å². The molecule has 2 saturated heterocycles. The third kappa shape index (κ3) is 6.76. The van der Waals surface area contributed by atoms with E-state index in [1.54, 1.807) is 18.2 Å². The van der Waals surface area contributed by atoms with E-state index in [4.69, 9.17) is 14.6 Å². The maximum atomic E-state index is 12.9. The summed E-state index contributed by atoms with van der Waals surface area (Å²) in [6.45, 7) is 4.42. The van der Waals surface area contributed by atoms with Gasteiger partial charge >= 0.3 is 12.1 Å². The normalized spacial score (nSPS) is 21.9. The van der Waals surface area contributed by atoms with Crippen molar-refractivity contribution in [2.75, 3.05) is 26.2 Å². The zero-order valence-electron chi connectivity index (χ0n) is 20.0. The van der Waals surface area contributed by atoms with Crippen molar-refractivity contribution in [2.24, 2.45) is 0 Å². The third-order valence-electron chi connectivity index (χ3n) is 6.25. The minimum absolute atomic E-state index is 0.0878. The Balaban J connectivity index is 0.000000479. The molecule has 3 aliphatic rings. The molecule has 0 spiro atoms. The molecular formula is C23H27F3N4O7. The number of alkyl halides is 3. The van der Waals surface area contributed by atoms with E-state index < -0.39 is 24.1 Å². The number of benzene rings is 1. The second-order valence-electron chi connectivity index (χ2n) is 8.75. The highest BCUT2D eigenvalue weighted by Crippen LogP contribution is 2.33. The van der Waals surface area contributed by atoms with E-state index in [1.807, 2.05) is 11.8 Å². The number of ether oxygens (including phenoxy) is 1. The number of carbonyl (C=O) groups excluding carboxylic acids is 4. The average Bonchev–Trinajstić information content (AvgIpc) is 3.00. The molecule has 3 aliphatic heterocycles. The molecule has 37 heavy (non-hydrogen) atoms. The first-order valence-electron chi connectivity index (χ1n) is 11.6. The maximum absolute atomic E-state index is 12.9. The number of nitrogens with zero attached hydrogens (tertiary/aromatic N) is 2. The molecule has 3 N–H and O–H groups in total. The summed E-state index contributed by atoms with van der Waals surface area (Å²) >= 11 is 0. The topological polar surface area (TPSA) is 145 Å². The van der Waals surface area contributed by atoms with Gasteiger partial charge in [-0.25, -0.2) is 4.79 Å². The summed E-state index contributed by atoms with van der Waals surface area (Å²) in [5.74, 6) is -3.40. The van der Waals surface area contributed by atoms with Crippen molar-refractivity contribution in [1.29, 1.82) is 0 Å². The van der Waals surface area contributed by atoms with E-state index >= 15 is 0 Å². The second kappa shape index (κ2) is 11.6. The Morgan fingerprint density at radius 2 is 1.86 bits per heavy atom. The predicted octanol–water partition coefficient (Wildman–Crippen LogP) is 0.670. The predicted molar refractivity (Wildman–Crippen MR) is 120 cm³/mol. The number of hydrogen-bond donors (Lipinski definition) is 3. The van der Waals surface area contributed by atoms with Crippen LogP contribution in [0.15, 0.2) is 18.2 Å². The van der Waals surface area contributed by atoms with Gasteiger partial charge in [-0.15, -0.1) is 0 Å². The molecule has 202 valence electrons. The second-order valence-corrected chi connectivity index (χ2v) is 8.75. The number of fused-ring (bicyclic) bond motifs is 1. The Kier molecular flexibility index (Phi) is 8.73. The number of halogens is 3. The molecule has 2 unspecified atom stereocenters. The van der Waals surface area contributed by atoms with Gasteiger partial charge in [0.05, 0.1) is 6.54 Å². The van der Waals surface area contributed by atoms with Gasteiger partial charge in [0.25, 0.3) is 11.8 Å². The number of nitrogens with one attached hydrogen (secondary N) is 2. The van der Waals surface area contributed by atoms with Gasteiger partial charge in [0.2, 0.25) is 11.8 Å². The van der Waals surface area contributed by atoms with Crippen LogP contribution in [0.25, 0.3) is 0 Å². The van der Waals surface area contributed by atoms with Crippen LogP contribution in [0.5, 0.6) is 5.75 Å². The molecule has 1 aromatic rings.